The fourth-order valence-corrected chi connectivity index (χ4v) is 3.27. The van der Waals surface area contributed by atoms with E-state index in [1.807, 2.05) is 0 Å². The van der Waals surface area contributed by atoms with Gasteiger partial charge in [0.1, 0.15) is 5.92 Å². The maximum absolute atomic E-state index is 12.8. The van der Waals surface area contributed by atoms with Gasteiger partial charge in [0, 0.05) is 10.0 Å². The van der Waals surface area contributed by atoms with Crippen LogP contribution in [0.15, 0.2) is 28.6 Å². The molecule has 1 aromatic rings. The van der Waals surface area contributed by atoms with E-state index in [1.54, 1.807) is 6.92 Å². The Bertz CT molecular complexity index is 807. The van der Waals surface area contributed by atoms with Crippen LogP contribution in [0.3, 0.4) is 0 Å². The Hall–Kier alpha value is -2.52. The van der Waals surface area contributed by atoms with Crippen molar-refractivity contribution in [3.05, 3.63) is 33.2 Å². The molecule has 25 heavy (non-hydrogen) atoms. The molecule has 1 aromatic carbocycles. The van der Waals surface area contributed by atoms with Crippen LogP contribution in [0.2, 0.25) is 10.0 Å². The minimum Gasteiger partial charge on any atom is -0.461 e. The summed E-state index contributed by atoms with van der Waals surface area (Å²) in [5.41, 5.74) is -0.226. The van der Waals surface area contributed by atoms with E-state index in [-0.39, 0.29) is 28.1 Å². The van der Waals surface area contributed by atoms with Gasteiger partial charge in [0.15, 0.2) is 11.8 Å². The first-order chi connectivity index (χ1) is 11.9. The summed E-state index contributed by atoms with van der Waals surface area (Å²) < 4.78 is 4.83. The predicted octanol–water partition coefficient (Wildman–Crippen LogP) is 1.77. The minimum atomic E-state index is -1.35. The molecule has 3 rings (SSSR count). The van der Waals surface area contributed by atoms with E-state index in [9.17, 15) is 19.3 Å². The number of hydrazone groups is 1. The quantitative estimate of drug-likeness (QED) is 0.444. The number of imide groups is 1. The van der Waals surface area contributed by atoms with Gasteiger partial charge in [0.25, 0.3) is 5.91 Å². The zero-order valence-corrected chi connectivity index (χ0v) is 14.2. The Kier molecular flexibility index (Phi) is 4.44. The number of anilines is 1. The summed E-state index contributed by atoms with van der Waals surface area (Å²) in [7, 11) is 0. The second-order valence-corrected chi connectivity index (χ2v) is 6.04. The van der Waals surface area contributed by atoms with Gasteiger partial charge in [-0.1, -0.05) is 23.2 Å². The van der Waals surface area contributed by atoms with E-state index >= 15 is 0 Å². The molecule has 11 heteroatoms. The molecule has 1 fully saturated rings. The first kappa shape index (κ1) is 17.3. The van der Waals surface area contributed by atoms with E-state index in [0.717, 1.165) is 4.90 Å². The molecule has 2 unspecified atom stereocenters. The number of carbonyl (C=O) groups excluding carboxylic acids is 3. The van der Waals surface area contributed by atoms with Crippen molar-refractivity contribution in [1.82, 2.24) is 5.12 Å². The van der Waals surface area contributed by atoms with Crippen molar-refractivity contribution < 1.29 is 19.1 Å². The molecule has 2 heterocycles. The first-order valence-electron chi connectivity index (χ1n) is 7.11. The van der Waals surface area contributed by atoms with Crippen LogP contribution in [-0.4, -0.2) is 41.3 Å². The van der Waals surface area contributed by atoms with Gasteiger partial charge in [0.05, 0.1) is 17.6 Å². The maximum atomic E-state index is 12.8. The Labute approximate surface area is 151 Å². The monoisotopic (exact) mass is 384 g/mol. The zero-order chi connectivity index (χ0) is 18.3. The van der Waals surface area contributed by atoms with Crippen molar-refractivity contribution >= 4 is 52.4 Å². The largest absolute Gasteiger partial charge is 0.461 e. The SMILES string of the molecule is CCOC(=O)C1=NN(N=O)C2C(=O)N(c3cc(Cl)cc(Cl)c3)C(=O)C12. The lowest BCUT2D eigenvalue weighted by Crippen LogP contribution is -2.36. The molecule has 0 radical (unpaired) electrons. The summed E-state index contributed by atoms with van der Waals surface area (Å²) >= 11 is 11.8. The molecular formula is C14H10Cl2N4O5. The van der Waals surface area contributed by atoms with Gasteiger partial charge in [-0.05, 0) is 25.1 Å². The van der Waals surface area contributed by atoms with Crippen LogP contribution in [0, 0.1) is 10.8 Å². The first-order valence-corrected chi connectivity index (χ1v) is 7.86. The smallest absolute Gasteiger partial charge is 0.355 e. The molecule has 0 N–H and O–H groups in total. The maximum Gasteiger partial charge on any atom is 0.355 e. The highest BCUT2D eigenvalue weighted by Crippen LogP contribution is 2.37. The van der Waals surface area contributed by atoms with Gasteiger partial charge in [-0.2, -0.15) is 0 Å². The minimum absolute atomic E-state index is 0.0412. The summed E-state index contributed by atoms with van der Waals surface area (Å²) in [5, 5.41) is 7.19. The number of benzene rings is 1. The number of rotatable bonds is 4. The third-order valence-electron chi connectivity index (χ3n) is 3.70. The molecule has 9 nitrogen and oxygen atoms in total. The number of carbonyl (C=O) groups is 3. The van der Waals surface area contributed by atoms with Crippen LogP contribution in [0.25, 0.3) is 0 Å². The van der Waals surface area contributed by atoms with Gasteiger partial charge in [0.2, 0.25) is 5.91 Å². The van der Waals surface area contributed by atoms with Crippen molar-refractivity contribution in [3.8, 4) is 0 Å². The van der Waals surface area contributed by atoms with Crippen molar-refractivity contribution in [2.75, 3.05) is 11.5 Å². The van der Waals surface area contributed by atoms with Crippen LogP contribution < -0.4 is 4.90 Å². The lowest BCUT2D eigenvalue weighted by molar-refractivity contribution is -0.136. The number of esters is 1. The fourth-order valence-electron chi connectivity index (χ4n) is 2.76. The average molecular weight is 385 g/mol. The number of hydrogen-bond donors (Lipinski definition) is 0. The predicted molar refractivity (Wildman–Crippen MR) is 87.9 cm³/mol. The molecule has 0 bridgehead atoms. The van der Waals surface area contributed by atoms with E-state index in [0.29, 0.717) is 5.12 Å². The molecule has 0 saturated carbocycles. The van der Waals surface area contributed by atoms with Crippen molar-refractivity contribution in [1.29, 1.82) is 0 Å². The summed E-state index contributed by atoms with van der Waals surface area (Å²) in [4.78, 5) is 49.2. The molecule has 0 aromatic heterocycles. The van der Waals surface area contributed by atoms with Gasteiger partial charge < -0.3 is 4.74 Å². The van der Waals surface area contributed by atoms with Gasteiger partial charge in [-0.15, -0.1) is 15.1 Å². The molecular weight excluding hydrogens is 375 g/mol. The average Bonchev–Trinajstić information content (AvgIpc) is 3.04. The molecule has 1 saturated heterocycles. The second kappa shape index (κ2) is 6.41. The van der Waals surface area contributed by atoms with Crippen LogP contribution in [0.4, 0.5) is 5.69 Å². The third-order valence-corrected chi connectivity index (χ3v) is 4.14. The Morgan fingerprint density at radius 1 is 1.24 bits per heavy atom. The lowest BCUT2D eigenvalue weighted by Gasteiger charge is -2.17. The van der Waals surface area contributed by atoms with E-state index in [4.69, 9.17) is 27.9 Å². The number of amides is 2. The van der Waals surface area contributed by atoms with Crippen LogP contribution in [0.5, 0.6) is 0 Å². The van der Waals surface area contributed by atoms with Crippen LogP contribution in [0.1, 0.15) is 6.92 Å². The van der Waals surface area contributed by atoms with Gasteiger partial charge in [-0.25, -0.2) is 9.69 Å². The topological polar surface area (TPSA) is 109 Å². The zero-order valence-electron chi connectivity index (χ0n) is 12.7. The molecule has 2 amide bonds. The number of ether oxygens (including phenoxy) is 1. The summed E-state index contributed by atoms with van der Waals surface area (Å²) in [6, 6.07) is 2.82. The Morgan fingerprint density at radius 2 is 1.88 bits per heavy atom. The Balaban J connectivity index is 2.03. The highest BCUT2D eigenvalue weighted by Gasteiger charge is 2.59. The van der Waals surface area contributed by atoms with E-state index < -0.39 is 29.7 Å². The van der Waals surface area contributed by atoms with E-state index in [1.165, 1.54) is 18.2 Å². The van der Waals surface area contributed by atoms with Gasteiger partial charge >= 0.3 is 5.97 Å². The normalized spacial score (nSPS) is 22.1. The molecule has 0 spiro atoms. The molecule has 2 aliphatic heterocycles. The number of nitroso groups, excluding NO2 is 1. The summed E-state index contributed by atoms with van der Waals surface area (Å²) in [6.07, 6.45) is 0. The number of nitrogens with zero attached hydrogens (tertiary/aromatic N) is 4. The summed E-state index contributed by atoms with van der Waals surface area (Å²) in [6.45, 7) is 1.61. The number of fused-ring (bicyclic) bond motifs is 1. The Morgan fingerprint density at radius 3 is 2.44 bits per heavy atom. The molecule has 2 atom stereocenters. The standard InChI is InChI=1S/C14H10Cl2N4O5/c1-2-25-14(23)10-9-11(20(17-10)18-24)13(22)19(12(9)21)8-4-6(15)3-7(16)5-8/h3-5,9,11H,2H2,1H3. The van der Waals surface area contributed by atoms with Crippen LogP contribution >= 0.6 is 23.2 Å². The van der Waals surface area contributed by atoms with Crippen molar-refractivity contribution in [2.45, 2.75) is 13.0 Å². The second-order valence-electron chi connectivity index (χ2n) is 5.17. The number of hydrogen-bond acceptors (Lipinski definition) is 7. The van der Waals surface area contributed by atoms with Crippen LogP contribution in [-0.2, 0) is 19.1 Å². The fraction of sp³-hybridized carbons (Fsp3) is 0.286. The highest BCUT2D eigenvalue weighted by molar-refractivity contribution is 6.46. The molecule has 2 aliphatic rings. The number of halogens is 2. The van der Waals surface area contributed by atoms with Gasteiger partial charge in [-0.3, -0.25) is 9.59 Å². The summed E-state index contributed by atoms with van der Waals surface area (Å²) in [5.74, 6) is -3.69. The van der Waals surface area contributed by atoms with Crippen molar-refractivity contribution in [3.63, 3.8) is 0 Å². The molecule has 0 aliphatic carbocycles. The molecule has 130 valence electrons. The highest BCUT2D eigenvalue weighted by atomic mass is 35.5. The third kappa shape index (κ3) is 2.75. The lowest BCUT2D eigenvalue weighted by atomic mass is 9.98. The van der Waals surface area contributed by atoms with E-state index in [2.05, 4.69) is 10.4 Å². The van der Waals surface area contributed by atoms with Crippen molar-refractivity contribution in [2.24, 2.45) is 16.3 Å².